The van der Waals surface area contributed by atoms with Crippen LogP contribution in [0.4, 0.5) is 11.4 Å². The van der Waals surface area contributed by atoms with Crippen molar-refractivity contribution in [3.05, 3.63) is 23.2 Å². The van der Waals surface area contributed by atoms with Crippen molar-refractivity contribution in [2.24, 2.45) is 0 Å². The molecule has 2 amide bonds. The van der Waals surface area contributed by atoms with Crippen LogP contribution in [0.5, 0.6) is 0 Å². The number of carbonyl (C=O) groups excluding carboxylic acids is 2. The second kappa shape index (κ2) is 6.13. The number of piperazine rings is 1. The molecule has 0 aliphatic carbocycles. The van der Waals surface area contributed by atoms with E-state index in [2.05, 4.69) is 10.2 Å². The zero-order chi connectivity index (χ0) is 14.7. The van der Waals surface area contributed by atoms with Gasteiger partial charge in [-0.1, -0.05) is 11.6 Å². The maximum absolute atomic E-state index is 11.3. The highest BCUT2D eigenvalue weighted by Crippen LogP contribution is 2.30. The van der Waals surface area contributed by atoms with Gasteiger partial charge in [0.25, 0.3) is 0 Å². The zero-order valence-corrected chi connectivity index (χ0v) is 12.4. The van der Waals surface area contributed by atoms with Gasteiger partial charge in [-0.15, -0.1) is 0 Å². The normalized spacial score (nSPS) is 15.2. The fraction of sp³-hybridized carbons (Fsp3) is 0.429. The van der Waals surface area contributed by atoms with Crippen LogP contribution in [0.15, 0.2) is 18.2 Å². The van der Waals surface area contributed by atoms with Crippen molar-refractivity contribution in [1.82, 2.24) is 4.90 Å². The van der Waals surface area contributed by atoms with E-state index >= 15 is 0 Å². The van der Waals surface area contributed by atoms with E-state index in [1.807, 2.05) is 11.0 Å². The average Bonchev–Trinajstić information content (AvgIpc) is 2.38. The summed E-state index contributed by atoms with van der Waals surface area (Å²) in [7, 11) is 0. The fourth-order valence-corrected chi connectivity index (χ4v) is 2.51. The molecule has 1 saturated heterocycles. The SMILES string of the molecule is CC(=O)Nc1cc(Cl)ccc1N1CCN(C(C)=O)CC1. The van der Waals surface area contributed by atoms with Gasteiger partial charge in [0.15, 0.2) is 0 Å². The van der Waals surface area contributed by atoms with E-state index in [-0.39, 0.29) is 11.8 Å². The van der Waals surface area contributed by atoms with E-state index in [0.29, 0.717) is 23.8 Å². The van der Waals surface area contributed by atoms with Crippen molar-refractivity contribution >= 4 is 34.8 Å². The van der Waals surface area contributed by atoms with Crippen molar-refractivity contribution < 1.29 is 9.59 Å². The molecular weight excluding hydrogens is 278 g/mol. The molecule has 108 valence electrons. The molecule has 0 saturated carbocycles. The van der Waals surface area contributed by atoms with Crippen molar-refractivity contribution in [2.75, 3.05) is 36.4 Å². The summed E-state index contributed by atoms with van der Waals surface area (Å²) in [6.07, 6.45) is 0. The lowest BCUT2D eigenvalue weighted by Gasteiger charge is -2.36. The van der Waals surface area contributed by atoms with Crippen molar-refractivity contribution in [1.29, 1.82) is 0 Å². The standard InChI is InChI=1S/C14H18ClN3O2/c1-10(19)16-13-9-12(15)3-4-14(13)18-7-5-17(6-8-18)11(2)20/h3-4,9H,5-8H2,1-2H3,(H,16,19). The summed E-state index contributed by atoms with van der Waals surface area (Å²) in [5, 5.41) is 3.38. The quantitative estimate of drug-likeness (QED) is 0.907. The number of nitrogens with one attached hydrogen (secondary N) is 1. The lowest BCUT2D eigenvalue weighted by molar-refractivity contribution is -0.129. The van der Waals surface area contributed by atoms with Gasteiger partial charge >= 0.3 is 0 Å². The third-order valence-corrected chi connectivity index (χ3v) is 3.57. The molecule has 1 aliphatic rings. The van der Waals surface area contributed by atoms with Gasteiger partial charge in [-0.2, -0.15) is 0 Å². The Kier molecular flexibility index (Phi) is 4.49. The first-order chi connectivity index (χ1) is 9.47. The van der Waals surface area contributed by atoms with E-state index in [9.17, 15) is 9.59 Å². The Morgan fingerprint density at radius 3 is 2.35 bits per heavy atom. The number of benzene rings is 1. The molecule has 1 aromatic rings. The topological polar surface area (TPSA) is 52.7 Å². The van der Waals surface area contributed by atoms with E-state index in [1.165, 1.54) is 6.92 Å². The number of anilines is 2. The molecule has 2 rings (SSSR count). The maximum Gasteiger partial charge on any atom is 0.221 e. The highest BCUT2D eigenvalue weighted by molar-refractivity contribution is 6.31. The van der Waals surface area contributed by atoms with Crippen LogP contribution in [0.1, 0.15) is 13.8 Å². The van der Waals surface area contributed by atoms with E-state index in [4.69, 9.17) is 11.6 Å². The van der Waals surface area contributed by atoms with Crippen LogP contribution in [-0.2, 0) is 9.59 Å². The number of nitrogens with zero attached hydrogens (tertiary/aromatic N) is 2. The molecule has 0 radical (unpaired) electrons. The highest BCUT2D eigenvalue weighted by atomic mass is 35.5. The molecular formula is C14H18ClN3O2. The Morgan fingerprint density at radius 1 is 1.15 bits per heavy atom. The number of hydrogen-bond donors (Lipinski definition) is 1. The second-order valence-corrected chi connectivity index (χ2v) is 5.27. The Hall–Kier alpha value is -1.75. The molecule has 5 nitrogen and oxygen atoms in total. The van der Waals surface area contributed by atoms with Gasteiger partial charge in [0.05, 0.1) is 11.4 Å². The van der Waals surface area contributed by atoms with E-state index in [0.717, 1.165) is 18.8 Å². The molecule has 1 N–H and O–H groups in total. The van der Waals surface area contributed by atoms with Crippen LogP contribution < -0.4 is 10.2 Å². The predicted octanol–water partition coefficient (Wildman–Crippen LogP) is 1.97. The first-order valence-corrected chi connectivity index (χ1v) is 6.93. The third kappa shape index (κ3) is 3.42. The average molecular weight is 296 g/mol. The van der Waals surface area contributed by atoms with Crippen LogP contribution in [-0.4, -0.2) is 42.9 Å². The monoisotopic (exact) mass is 295 g/mol. The Labute approximate surface area is 123 Å². The Bertz CT molecular complexity index is 525. The van der Waals surface area contributed by atoms with Gasteiger partial charge in [-0.05, 0) is 18.2 Å². The summed E-state index contributed by atoms with van der Waals surface area (Å²) in [5.74, 6) is -0.0290. The Balaban J connectivity index is 2.16. The van der Waals surface area contributed by atoms with Gasteiger partial charge in [-0.3, -0.25) is 9.59 Å². The Morgan fingerprint density at radius 2 is 1.80 bits per heavy atom. The summed E-state index contributed by atoms with van der Waals surface area (Å²) >= 11 is 5.98. The smallest absolute Gasteiger partial charge is 0.221 e. The van der Waals surface area contributed by atoms with Gasteiger partial charge in [-0.25, -0.2) is 0 Å². The van der Waals surface area contributed by atoms with Crippen molar-refractivity contribution in [2.45, 2.75) is 13.8 Å². The van der Waals surface area contributed by atoms with Crippen molar-refractivity contribution in [3.63, 3.8) is 0 Å². The van der Waals surface area contributed by atoms with Crippen LogP contribution in [0.2, 0.25) is 5.02 Å². The molecule has 0 aromatic heterocycles. The molecule has 1 aliphatic heterocycles. The van der Waals surface area contributed by atoms with E-state index < -0.39 is 0 Å². The van der Waals surface area contributed by atoms with Crippen LogP contribution >= 0.6 is 11.6 Å². The zero-order valence-electron chi connectivity index (χ0n) is 11.6. The molecule has 1 heterocycles. The largest absolute Gasteiger partial charge is 0.366 e. The van der Waals surface area contributed by atoms with Gasteiger partial charge < -0.3 is 15.1 Å². The maximum atomic E-state index is 11.3. The van der Waals surface area contributed by atoms with Gasteiger partial charge in [0.1, 0.15) is 0 Å². The summed E-state index contributed by atoms with van der Waals surface area (Å²) in [6, 6.07) is 5.45. The van der Waals surface area contributed by atoms with Crippen molar-refractivity contribution in [3.8, 4) is 0 Å². The lowest BCUT2D eigenvalue weighted by atomic mass is 10.2. The van der Waals surface area contributed by atoms with Gasteiger partial charge in [0, 0.05) is 45.0 Å². The highest BCUT2D eigenvalue weighted by Gasteiger charge is 2.20. The molecule has 6 heteroatoms. The number of halogens is 1. The minimum atomic E-state index is -0.129. The summed E-state index contributed by atoms with van der Waals surface area (Å²) in [6.45, 7) is 5.93. The van der Waals surface area contributed by atoms with Gasteiger partial charge in [0.2, 0.25) is 11.8 Å². The lowest BCUT2D eigenvalue weighted by Crippen LogP contribution is -2.48. The van der Waals surface area contributed by atoms with Crippen LogP contribution in [0.3, 0.4) is 0 Å². The minimum Gasteiger partial charge on any atom is -0.366 e. The molecule has 0 atom stereocenters. The third-order valence-electron chi connectivity index (χ3n) is 3.33. The molecule has 1 aromatic carbocycles. The number of rotatable bonds is 2. The molecule has 20 heavy (non-hydrogen) atoms. The summed E-state index contributed by atoms with van der Waals surface area (Å²) in [5.41, 5.74) is 1.65. The first-order valence-electron chi connectivity index (χ1n) is 6.55. The van der Waals surface area contributed by atoms with E-state index in [1.54, 1.807) is 19.1 Å². The molecule has 0 bridgehead atoms. The molecule has 0 unspecified atom stereocenters. The summed E-state index contributed by atoms with van der Waals surface area (Å²) in [4.78, 5) is 26.6. The predicted molar refractivity (Wildman–Crippen MR) is 80.2 cm³/mol. The fourth-order valence-electron chi connectivity index (χ4n) is 2.34. The van der Waals surface area contributed by atoms with Crippen LogP contribution in [0, 0.1) is 0 Å². The first kappa shape index (κ1) is 14.7. The molecule has 1 fully saturated rings. The minimum absolute atomic E-state index is 0.0999. The summed E-state index contributed by atoms with van der Waals surface area (Å²) < 4.78 is 0. The second-order valence-electron chi connectivity index (χ2n) is 4.84. The molecule has 0 spiro atoms. The number of amides is 2. The number of hydrogen-bond acceptors (Lipinski definition) is 3. The number of carbonyl (C=O) groups is 2. The van der Waals surface area contributed by atoms with Crippen LogP contribution in [0.25, 0.3) is 0 Å².